The molecule has 0 fully saturated rings. The van der Waals surface area contributed by atoms with Crippen LogP contribution in [-0.2, 0) is 14.9 Å². The van der Waals surface area contributed by atoms with Gasteiger partial charge in [0.05, 0.1) is 6.61 Å². The Balaban J connectivity index is 2.27. The molecule has 1 heterocycles. The Morgan fingerprint density at radius 2 is 1.57 bits per heavy atom. The molecule has 0 radical (unpaired) electrons. The molecule has 8 nitrogen and oxygen atoms in total. The number of unbranched alkanes of at least 4 members (excludes halogenated alkanes) is 11. The molecule has 0 amide bonds. The van der Waals surface area contributed by atoms with E-state index < -0.39 is 22.0 Å². The summed E-state index contributed by atoms with van der Waals surface area (Å²) in [5.41, 5.74) is 0. The van der Waals surface area contributed by atoms with E-state index in [-0.39, 0.29) is 18.9 Å². The molecule has 35 heavy (non-hydrogen) atoms. The number of carbonyl (C=O) groups excluding carboxylic acids is 1. The number of hydrogen-bond donors (Lipinski definition) is 3. The minimum absolute atomic E-state index is 0.0465. The van der Waals surface area contributed by atoms with Crippen LogP contribution in [0.15, 0.2) is 12.2 Å². The first-order valence-electron chi connectivity index (χ1n) is 13.6. The molecule has 1 aliphatic heterocycles. The largest absolute Gasteiger partial charge is 0.392 e. The molecule has 0 bridgehead atoms. The summed E-state index contributed by atoms with van der Waals surface area (Å²) in [6.45, 7) is 3.43. The summed E-state index contributed by atoms with van der Waals surface area (Å²) in [5, 5.41) is 19.3. The van der Waals surface area contributed by atoms with E-state index in [0.717, 1.165) is 32.1 Å². The first kappa shape index (κ1) is 31.7. The molecular weight excluding hydrogens is 468 g/mol. The fourth-order valence-electron chi connectivity index (χ4n) is 4.54. The van der Waals surface area contributed by atoms with E-state index in [2.05, 4.69) is 19.1 Å². The van der Waals surface area contributed by atoms with E-state index in [1.54, 1.807) is 9.48 Å². The highest BCUT2D eigenvalue weighted by atomic mass is 32.2. The van der Waals surface area contributed by atoms with Gasteiger partial charge in [-0.2, -0.15) is 8.42 Å². The maximum absolute atomic E-state index is 12.9. The number of β-amino-alcohol motifs (C(OH)–C–C–N with tert-alkyl or cyclic N) is 2. The number of Topliss-reactive ketones (excluding diaryl/α,β-unsaturated/α-hetero) is 1. The van der Waals surface area contributed by atoms with Gasteiger partial charge in [-0.25, -0.2) is 0 Å². The quantitative estimate of drug-likeness (QED) is 0.0870. The predicted octanol–water partition coefficient (Wildman–Crippen LogP) is 3.56. The summed E-state index contributed by atoms with van der Waals surface area (Å²) in [5.74, 6) is -0.379. The molecule has 1 aliphatic rings. The lowest BCUT2D eigenvalue weighted by molar-refractivity contribution is -0.525. The van der Waals surface area contributed by atoms with Crippen molar-refractivity contribution in [1.29, 1.82) is 0 Å². The van der Waals surface area contributed by atoms with Gasteiger partial charge in [0.15, 0.2) is 0 Å². The summed E-state index contributed by atoms with van der Waals surface area (Å²) in [7, 11) is -4.29. The SMILES string of the molecule is CCCCCCCC/C=C/CCCCCCCC(=O)C1=[N+](CC(O)CS(=O)(=O)O)CCN1CCO. The van der Waals surface area contributed by atoms with E-state index in [1.165, 1.54) is 51.4 Å². The Labute approximate surface area is 212 Å². The predicted molar refractivity (Wildman–Crippen MR) is 141 cm³/mol. The Hall–Kier alpha value is -1.29. The first-order chi connectivity index (χ1) is 16.8. The van der Waals surface area contributed by atoms with E-state index in [9.17, 15) is 23.4 Å². The summed E-state index contributed by atoms with van der Waals surface area (Å²) < 4.78 is 32.7. The first-order valence-corrected chi connectivity index (χ1v) is 15.2. The van der Waals surface area contributed by atoms with Gasteiger partial charge in [0, 0.05) is 6.42 Å². The highest BCUT2D eigenvalue weighted by Crippen LogP contribution is 2.12. The zero-order chi connectivity index (χ0) is 25.9. The highest BCUT2D eigenvalue weighted by molar-refractivity contribution is 7.85. The van der Waals surface area contributed by atoms with Crippen LogP contribution in [0.1, 0.15) is 96.8 Å². The maximum Gasteiger partial charge on any atom is 0.316 e. The molecule has 204 valence electrons. The monoisotopic (exact) mass is 517 g/mol. The van der Waals surface area contributed by atoms with E-state index in [4.69, 9.17) is 4.55 Å². The Morgan fingerprint density at radius 3 is 2.14 bits per heavy atom. The fraction of sp³-hybridized carbons (Fsp3) is 0.846. The number of carbonyl (C=O) groups is 1. The Kier molecular flexibility index (Phi) is 17.1. The van der Waals surface area contributed by atoms with Crippen molar-refractivity contribution in [2.45, 2.75) is 103 Å². The lowest BCUT2D eigenvalue weighted by Crippen LogP contribution is -2.40. The van der Waals surface area contributed by atoms with Crippen molar-refractivity contribution >= 4 is 21.7 Å². The standard InChI is InChI=1S/C26H48N2O6S/c1-2-3-4-5-6-7-8-9-10-11-12-13-14-15-16-17-25(31)26-27(20-21-29)18-19-28(26)22-24(30)23-35(32,33)34/h9-10,24,29-30H,2-8,11-23H2,1H3/p+1/b10-9+. The maximum atomic E-state index is 12.9. The zero-order valence-corrected chi connectivity index (χ0v) is 22.6. The number of ketones is 1. The average Bonchev–Trinajstić information content (AvgIpc) is 3.17. The third-order valence-corrected chi connectivity index (χ3v) is 7.16. The number of allylic oxidation sites excluding steroid dienone is 2. The molecule has 0 aromatic rings. The van der Waals surface area contributed by atoms with Crippen molar-refractivity contribution in [3.8, 4) is 0 Å². The van der Waals surface area contributed by atoms with Crippen LogP contribution in [0.2, 0.25) is 0 Å². The molecule has 1 unspecified atom stereocenters. The number of hydrogen-bond acceptors (Lipinski definition) is 6. The second kappa shape index (κ2) is 18.9. The average molecular weight is 518 g/mol. The molecule has 1 rings (SSSR count). The molecule has 3 N–H and O–H groups in total. The molecule has 0 saturated heterocycles. The number of amidine groups is 1. The smallest absolute Gasteiger partial charge is 0.316 e. The number of aliphatic hydroxyl groups excluding tert-OH is 2. The lowest BCUT2D eigenvalue weighted by Gasteiger charge is -2.13. The molecule has 0 aromatic carbocycles. The van der Waals surface area contributed by atoms with Crippen molar-refractivity contribution in [2.24, 2.45) is 0 Å². The van der Waals surface area contributed by atoms with Gasteiger partial charge in [-0.15, -0.1) is 0 Å². The van der Waals surface area contributed by atoms with E-state index in [0.29, 0.717) is 31.9 Å². The Bertz CT molecular complexity index is 751. The van der Waals surface area contributed by atoms with Gasteiger partial charge in [0.2, 0.25) is 5.78 Å². The lowest BCUT2D eigenvalue weighted by atomic mass is 10.1. The van der Waals surface area contributed by atoms with E-state index in [1.807, 2.05) is 0 Å². The van der Waals surface area contributed by atoms with Gasteiger partial charge in [-0.3, -0.25) is 18.8 Å². The van der Waals surface area contributed by atoms with Gasteiger partial charge in [-0.1, -0.05) is 70.4 Å². The molecule has 0 aliphatic carbocycles. The topological polar surface area (TPSA) is 118 Å². The van der Waals surface area contributed by atoms with Crippen molar-refractivity contribution in [3.05, 3.63) is 12.2 Å². The summed E-state index contributed by atoms with van der Waals surface area (Å²) in [6.07, 6.45) is 19.2. The third kappa shape index (κ3) is 15.4. The number of rotatable bonds is 22. The van der Waals surface area contributed by atoms with Gasteiger partial charge >= 0.3 is 5.84 Å². The highest BCUT2D eigenvalue weighted by Gasteiger charge is 2.36. The van der Waals surface area contributed by atoms with Crippen LogP contribution in [0, 0.1) is 0 Å². The van der Waals surface area contributed by atoms with Crippen molar-refractivity contribution in [2.75, 3.05) is 38.5 Å². The summed E-state index contributed by atoms with van der Waals surface area (Å²) >= 11 is 0. The van der Waals surface area contributed by atoms with Crippen molar-refractivity contribution in [1.82, 2.24) is 4.90 Å². The van der Waals surface area contributed by atoms with Gasteiger partial charge in [-0.05, 0) is 32.1 Å². The van der Waals surface area contributed by atoms with Crippen LogP contribution in [0.3, 0.4) is 0 Å². The van der Waals surface area contributed by atoms with Crippen LogP contribution in [0.5, 0.6) is 0 Å². The molecule has 9 heteroatoms. The molecule has 0 spiro atoms. The van der Waals surface area contributed by atoms with Crippen LogP contribution in [0.4, 0.5) is 0 Å². The molecular formula is C26H49N2O6S+. The van der Waals surface area contributed by atoms with Gasteiger partial charge < -0.3 is 10.2 Å². The molecule has 1 atom stereocenters. The number of aliphatic hydroxyl groups is 2. The second-order valence-corrected chi connectivity index (χ2v) is 11.1. The van der Waals surface area contributed by atoms with Crippen LogP contribution < -0.4 is 0 Å². The minimum Gasteiger partial charge on any atom is -0.392 e. The van der Waals surface area contributed by atoms with Crippen molar-refractivity contribution < 1.29 is 32.6 Å². The van der Waals surface area contributed by atoms with Crippen LogP contribution in [0.25, 0.3) is 0 Å². The Morgan fingerprint density at radius 1 is 1.00 bits per heavy atom. The summed E-state index contributed by atoms with van der Waals surface area (Å²) in [6, 6.07) is 0. The molecule has 0 aromatic heterocycles. The van der Waals surface area contributed by atoms with E-state index >= 15 is 0 Å². The van der Waals surface area contributed by atoms with Gasteiger partial charge in [0.1, 0.15) is 38.0 Å². The minimum atomic E-state index is -4.29. The van der Waals surface area contributed by atoms with Crippen molar-refractivity contribution in [3.63, 3.8) is 0 Å². The third-order valence-electron chi connectivity index (χ3n) is 6.36. The summed E-state index contributed by atoms with van der Waals surface area (Å²) in [4.78, 5) is 14.7. The van der Waals surface area contributed by atoms with Gasteiger partial charge in [0.25, 0.3) is 10.1 Å². The fourth-order valence-corrected chi connectivity index (χ4v) is 5.13. The molecule has 0 saturated carbocycles. The second-order valence-electron chi connectivity index (χ2n) is 9.64. The van der Waals surface area contributed by atoms with Crippen LogP contribution in [-0.4, -0.2) is 88.9 Å². The normalized spacial score (nSPS) is 15.5. The number of nitrogens with zero attached hydrogens (tertiary/aromatic N) is 2. The van der Waals surface area contributed by atoms with Crippen LogP contribution >= 0.6 is 0 Å². The zero-order valence-electron chi connectivity index (χ0n) is 21.7.